The van der Waals surface area contributed by atoms with Crippen molar-refractivity contribution in [3.05, 3.63) is 29.3 Å². The molecule has 0 aliphatic rings. The Labute approximate surface area is 113 Å². The maximum absolute atomic E-state index is 11.7. The third kappa shape index (κ3) is 4.90. The summed E-state index contributed by atoms with van der Waals surface area (Å²) in [7, 11) is -3.01. The number of benzene rings is 1. The van der Waals surface area contributed by atoms with Crippen molar-refractivity contribution < 1.29 is 17.9 Å². The Kier molecular flexibility index (Phi) is 5.35. The molecule has 0 amide bonds. The van der Waals surface area contributed by atoms with E-state index in [1.807, 2.05) is 6.92 Å². The van der Waals surface area contributed by atoms with Crippen LogP contribution in [0.4, 0.5) is 5.69 Å². The summed E-state index contributed by atoms with van der Waals surface area (Å²) >= 11 is 0. The minimum Gasteiger partial charge on any atom is -0.462 e. The van der Waals surface area contributed by atoms with Crippen molar-refractivity contribution in [1.29, 1.82) is 0 Å². The summed E-state index contributed by atoms with van der Waals surface area (Å²) in [6, 6.07) is 4.94. The van der Waals surface area contributed by atoms with Crippen molar-refractivity contribution in [3.63, 3.8) is 0 Å². The van der Waals surface area contributed by atoms with E-state index in [4.69, 9.17) is 10.5 Å². The van der Waals surface area contributed by atoms with Gasteiger partial charge in [0.1, 0.15) is 9.84 Å². The summed E-state index contributed by atoms with van der Waals surface area (Å²) in [6.45, 7) is 3.53. The molecule has 0 spiro atoms. The normalized spacial score (nSPS) is 11.3. The highest BCUT2D eigenvalue weighted by Gasteiger charge is 2.10. The lowest BCUT2D eigenvalue weighted by molar-refractivity contribution is 0.0506. The summed E-state index contributed by atoms with van der Waals surface area (Å²) in [5, 5.41) is 0. The minimum absolute atomic E-state index is 0.0345. The summed E-state index contributed by atoms with van der Waals surface area (Å²) < 4.78 is 27.5. The lowest BCUT2D eigenvalue weighted by Gasteiger charge is -2.06. The van der Waals surface area contributed by atoms with E-state index in [1.165, 1.54) is 0 Å². The van der Waals surface area contributed by atoms with Crippen molar-refractivity contribution >= 4 is 21.5 Å². The standard InChI is InChI=1S/C13H19NO4S/c1-3-19(16,17)8-4-7-18-13(15)11-6-5-10(2)12(14)9-11/h5-6,9H,3-4,7-8,14H2,1-2H3. The second-order valence-corrected chi connectivity index (χ2v) is 6.77. The molecule has 0 radical (unpaired) electrons. The Bertz CT molecular complexity index is 552. The van der Waals surface area contributed by atoms with Crippen molar-refractivity contribution in [2.75, 3.05) is 23.8 Å². The number of ether oxygens (including phenoxy) is 1. The van der Waals surface area contributed by atoms with Crippen LogP contribution in [-0.4, -0.2) is 32.5 Å². The number of carbonyl (C=O) groups is 1. The van der Waals surface area contributed by atoms with E-state index >= 15 is 0 Å². The van der Waals surface area contributed by atoms with E-state index in [0.29, 0.717) is 17.7 Å². The number of hydrogen-bond donors (Lipinski definition) is 1. The topological polar surface area (TPSA) is 86.5 Å². The first-order chi connectivity index (χ1) is 8.85. The van der Waals surface area contributed by atoms with Crippen molar-refractivity contribution in [2.24, 2.45) is 0 Å². The molecule has 1 aromatic carbocycles. The third-order valence-corrected chi connectivity index (χ3v) is 4.58. The van der Waals surface area contributed by atoms with E-state index in [-0.39, 0.29) is 18.1 Å². The van der Waals surface area contributed by atoms with Gasteiger partial charge >= 0.3 is 5.97 Å². The van der Waals surface area contributed by atoms with Crippen molar-refractivity contribution in [3.8, 4) is 0 Å². The molecule has 1 aromatic rings. The molecule has 0 aliphatic heterocycles. The van der Waals surface area contributed by atoms with E-state index < -0.39 is 15.8 Å². The van der Waals surface area contributed by atoms with Gasteiger partial charge in [0.25, 0.3) is 0 Å². The van der Waals surface area contributed by atoms with E-state index in [1.54, 1.807) is 25.1 Å². The first-order valence-corrected chi connectivity index (χ1v) is 7.91. The second kappa shape index (κ2) is 6.56. The number of anilines is 1. The fraction of sp³-hybridized carbons (Fsp3) is 0.462. The zero-order valence-electron chi connectivity index (χ0n) is 11.2. The van der Waals surface area contributed by atoms with Gasteiger partial charge in [-0.15, -0.1) is 0 Å². The predicted molar refractivity (Wildman–Crippen MR) is 74.8 cm³/mol. The van der Waals surface area contributed by atoms with Crippen LogP contribution in [0.2, 0.25) is 0 Å². The van der Waals surface area contributed by atoms with Gasteiger partial charge in [-0.25, -0.2) is 13.2 Å². The maximum atomic E-state index is 11.7. The van der Waals surface area contributed by atoms with Gasteiger partial charge in [0, 0.05) is 11.4 Å². The molecule has 5 nitrogen and oxygen atoms in total. The van der Waals surface area contributed by atoms with Crippen molar-refractivity contribution in [2.45, 2.75) is 20.3 Å². The number of sulfone groups is 1. The molecule has 19 heavy (non-hydrogen) atoms. The molecular weight excluding hydrogens is 266 g/mol. The number of carbonyl (C=O) groups excluding carboxylic acids is 1. The Morgan fingerprint density at radius 3 is 2.63 bits per heavy atom. The highest BCUT2D eigenvalue weighted by molar-refractivity contribution is 7.91. The molecule has 0 unspecified atom stereocenters. The lowest BCUT2D eigenvalue weighted by atomic mass is 10.1. The number of rotatable bonds is 6. The molecule has 0 bridgehead atoms. The van der Waals surface area contributed by atoms with Gasteiger partial charge in [-0.3, -0.25) is 0 Å². The summed E-state index contributed by atoms with van der Waals surface area (Å²) in [4.78, 5) is 11.7. The minimum atomic E-state index is -3.01. The van der Waals surface area contributed by atoms with Crippen LogP contribution in [-0.2, 0) is 14.6 Å². The zero-order valence-corrected chi connectivity index (χ0v) is 12.0. The molecular formula is C13H19NO4S. The van der Waals surface area contributed by atoms with Gasteiger partial charge < -0.3 is 10.5 Å². The van der Waals surface area contributed by atoms with E-state index in [9.17, 15) is 13.2 Å². The molecule has 0 aromatic heterocycles. The number of hydrogen-bond acceptors (Lipinski definition) is 5. The molecule has 0 atom stereocenters. The number of nitrogen functional groups attached to an aromatic ring is 1. The first kappa shape index (κ1) is 15.5. The third-order valence-electron chi connectivity index (χ3n) is 2.79. The van der Waals surface area contributed by atoms with Crippen LogP contribution in [0.25, 0.3) is 0 Å². The van der Waals surface area contributed by atoms with E-state index in [2.05, 4.69) is 0 Å². The Hall–Kier alpha value is -1.56. The monoisotopic (exact) mass is 285 g/mol. The zero-order chi connectivity index (χ0) is 14.5. The fourth-order valence-electron chi connectivity index (χ4n) is 1.44. The molecule has 2 N–H and O–H groups in total. The lowest BCUT2D eigenvalue weighted by Crippen LogP contribution is -2.13. The van der Waals surface area contributed by atoms with Gasteiger partial charge in [-0.05, 0) is 31.0 Å². The van der Waals surface area contributed by atoms with Crippen molar-refractivity contribution in [1.82, 2.24) is 0 Å². The quantitative estimate of drug-likeness (QED) is 0.487. The van der Waals surface area contributed by atoms with Crippen LogP contribution in [0.3, 0.4) is 0 Å². The largest absolute Gasteiger partial charge is 0.462 e. The van der Waals surface area contributed by atoms with Gasteiger partial charge in [-0.1, -0.05) is 13.0 Å². The number of nitrogens with two attached hydrogens (primary N) is 1. The smallest absolute Gasteiger partial charge is 0.338 e. The van der Waals surface area contributed by atoms with Crippen LogP contribution < -0.4 is 5.73 Å². The highest BCUT2D eigenvalue weighted by Crippen LogP contribution is 2.13. The molecule has 6 heteroatoms. The molecule has 0 aliphatic carbocycles. The molecule has 0 saturated carbocycles. The fourth-order valence-corrected chi connectivity index (χ4v) is 2.29. The Morgan fingerprint density at radius 2 is 2.05 bits per heavy atom. The first-order valence-electron chi connectivity index (χ1n) is 6.09. The molecule has 0 saturated heterocycles. The highest BCUT2D eigenvalue weighted by atomic mass is 32.2. The van der Waals surface area contributed by atoms with Gasteiger partial charge in [-0.2, -0.15) is 0 Å². The van der Waals surface area contributed by atoms with Crippen LogP contribution in [0.5, 0.6) is 0 Å². The van der Waals surface area contributed by atoms with Crippen LogP contribution in [0.1, 0.15) is 29.3 Å². The number of esters is 1. The second-order valence-electron chi connectivity index (χ2n) is 4.30. The predicted octanol–water partition coefficient (Wildman–Crippen LogP) is 1.56. The summed E-state index contributed by atoms with van der Waals surface area (Å²) in [5.74, 6) is -0.344. The number of aryl methyl sites for hydroxylation is 1. The van der Waals surface area contributed by atoms with Crippen LogP contribution in [0, 0.1) is 6.92 Å². The molecule has 1 rings (SSSR count). The van der Waals surface area contributed by atoms with Gasteiger partial charge in [0.2, 0.25) is 0 Å². The summed E-state index contributed by atoms with van der Waals surface area (Å²) in [5.41, 5.74) is 7.50. The van der Waals surface area contributed by atoms with Crippen LogP contribution >= 0.6 is 0 Å². The van der Waals surface area contributed by atoms with E-state index in [0.717, 1.165) is 5.56 Å². The Balaban J connectivity index is 2.46. The average Bonchev–Trinajstić information content (AvgIpc) is 2.37. The Morgan fingerprint density at radius 1 is 1.37 bits per heavy atom. The van der Waals surface area contributed by atoms with Crippen LogP contribution in [0.15, 0.2) is 18.2 Å². The maximum Gasteiger partial charge on any atom is 0.338 e. The SMILES string of the molecule is CCS(=O)(=O)CCCOC(=O)c1ccc(C)c(N)c1. The molecule has 0 fully saturated rings. The van der Waals surface area contributed by atoms with Gasteiger partial charge in [0.15, 0.2) is 0 Å². The summed E-state index contributed by atoms with van der Waals surface area (Å²) in [6.07, 6.45) is 0.309. The van der Waals surface area contributed by atoms with Gasteiger partial charge in [0.05, 0.1) is 17.9 Å². The molecule has 106 valence electrons. The average molecular weight is 285 g/mol. The molecule has 0 heterocycles.